The molecule has 3 rings (SSSR count). The van der Waals surface area contributed by atoms with E-state index in [0.29, 0.717) is 45.7 Å². The van der Waals surface area contributed by atoms with Crippen LogP contribution in [-0.4, -0.2) is 34.9 Å². The molecule has 0 fully saturated rings. The molecule has 3 aromatic rings. The first kappa shape index (κ1) is 23.6. The Kier molecular flexibility index (Phi) is 8.37. The summed E-state index contributed by atoms with van der Waals surface area (Å²) in [5.41, 5.74) is 1.27. The number of amides is 1. The average molecular weight is 480 g/mol. The third-order valence-electron chi connectivity index (χ3n) is 4.70. The summed E-state index contributed by atoms with van der Waals surface area (Å²) in [5.74, 6) is -0.0701. The van der Waals surface area contributed by atoms with Crippen LogP contribution in [0.1, 0.15) is 24.9 Å². The molecule has 0 aliphatic heterocycles. The van der Waals surface area contributed by atoms with Crippen LogP contribution in [0, 0.1) is 0 Å². The number of para-hydroxylation sites is 1. The van der Waals surface area contributed by atoms with Gasteiger partial charge in [-0.3, -0.25) is 14.2 Å². The lowest BCUT2D eigenvalue weighted by atomic mass is 10.1. The van der Waals surface area contributed by atoms with Crippen LogP contribution in [0.5, 0.6) is 0 Å². The standard InChI is InChI=1S/C22H23Cl2N3O3S/c1-14(16-9-8-15(23)12-18(16)24)25-20(28)13-31-22-26-19-7-4-3-6-17(19)21(29)27(22)10-5-11-30-2/h3-4,6-9,12,14H,5,10-11,13H2,1-2H3,(H,25,28). The summed E-state index contributed by atoms with van der Waals surface area (Å²) in [6.45, 7) is 2.85. The second-order valence-electron chi connectivity index (χ2n) is 6.96. The van der Waals surface area contributed by atoms with Crippen molar-refractivity contribution >= 4 is 51.8 Å². The number of carbonyl (C=O) groups excluding carboxylic acids is 1. The summed E-state index contributed by atoms with van der Waals surface area (Å²) >= 11 is 13.4. The van der Waals surface area contributed by atoms with E-state index < -0.39 is 0 Å². The Morgan fingerprint density at radius 3 is 2.77 bits per heavy atom. The van der Waals surface area contributed by atoms with Crippen LogP contribution in [0.15, 0.2) is 52.4 Å². The van der Waals surface area contributed by atoms with Gasteiger partial charge in [-0.1, -0.05) is 53.2 Å². The molecule has 9 heteroatoms. The molecule has 1 heterocycles. The number of thioether (sulfide) groups is 1. The van der Waals surface area contributed by atoms with Crippen molar-refractivity contribution in [3.8, 4) is 0 Å². The van der Waals surface area contributed by atoms with E-state index in [1.54, 1.807) is 42.0 Å². The molecule has 0 spiro atoms. The minimum absolute atomic E-state index is 0.116. The summed E-state index contributed by atoms with van der Waals surface area (Å²) in [6, 6.07) is 12.1. The number of aromatic nitrogens is 2. The number of fused-ring (bicyclic) bond motifs is 1. The van der Waals surface area contributed by atoms with Crippen LogP contribution in [0.3, 0.4) is 0 Å². The Labute approximate surface area is 194 Å². The summed E-state index contributed by atoms with van der Waals surface area (Å²) in [5, 5.41) is 5.02. The van der Waals surface area contributed by atoms with Gasteiger partial charge >= 0.3 is 0 Å². The Balaban J connectivity index is 1.75. The van der Waals surface area contributed by atoms with Crippen LogP contribution < -0.4 is 10.9 Å². The second kappa shape index (κ2) is 11.0. The number of rotatable bonds is 9. The van der Waals surface area contributed by atoms with Gasteiger partial charge in [0, 0.05) is 30.3 Å². The molecule has 164 valence electrons. The number of nitrogens with one attached hydrogen (secondary N) is 1. The Hall–Kier alpha value is -2.06. The van der Waals surface area contributed by atoms with Crippen LogP contribution in [0.2, 0.25) is 10.0 Å². The maximum Gasteiger partial charge on any atom is 0.262 e. The highest BCUT2D eigenvalue weighted by atomic mass is 35.5. The van der Waals surface area contributed by atoms with Crippen molar-refractivity contribution in [2.45, 2.75) is 31.1 Å². The van der Waals surface area contributed by atoms with Gasteiger partial charge in [-0.2, -0.15) is 0 Å². The van der Waals surface area contributed by atoms with Crippen LogP contribution in [0.4, 0.5) is 0 Å². The van der Waals surface area contributed by atoms with Gasteiger partial charge in [-0.05, 0) is 43.2 Å². The SMILES string of the molecule is COCCCn1c(SCC(=O)NC(C)c2ccc(Cl)cc2Cl)nc2ccccc2c1=O. The van der Waals surface area contributed by atoms with Crippen molar-refractivity contribution in [3.05, 3.63) is 68.4 Å². The van der Waals surface area contributed by atoms with Gasteiger partial charge in [0.2, 0.25) is 5.91 Å². The van der Waals surface area contributed by atoms with Crippen molar-refractivity contribution in [1.82, 2.24) is 14.9 Å². The van der Waals surface area contributed by atoms with Gasteiger partial charge in [0.1, 0.15) is 0 Å². The maximum absolute atomic E-state index is 13.0. The van der Waals surface area contributed by atoms with Gasteiger partial charge in [-0.25, -0.2) is 4.98 Å². The normalized spacial score (nSPS) is 12.1. The van der Waals surface area contributed by atoms with E-state index >= 15 is 0 Å². The van der Waals surface area contributed by atoms with Crippen LogP contribution >= 0.6 is 35.0 Å². The molecule has 0 aliphatic rings. The fourth-order valence-electron chi connectivity index (χ4n) is 3.17. The number of nitrogens with zero attached hydrogens (tertiary/aromatic N) is 2. The molecule has 1 aromatic heterocycles. The monoisotopic (exact) mass is 479 g/mol. The van der Waals surface area contributed by atoms with Crippen molar-refractivity contribution in [1.29, 1.82) is 0 Å². The molecule has 0 aliphatic carbocycles. The minimum Gasteiger partial charge on any atom is -0.385 e. The summed E-state index contributed by atoms with van der Waals surface area (Å²) in [7, 11) is 1.62. The van der Waals surface area contributed by atoms with Crippen molar-refractivity contribution in [2.24, 2.45) is 0 Å². The molecule has 0 saturated carbocycles. The van der Waals surface area contributed by atoms with E-state index in [1.165, 1.54) is 11.8 Å². The molecule has 31 heavy (non-hydrogen) atoms. The van der Waals surface area contributed by atoms with Crippen molar-refractivity contribution < 1.29 is 9.53 Å². The zero-order valence-electron chi connectivity index (χ0n) is 17.2. The molecule has 2 aromatic carbocycles. The van der Waals surface area contributed by atoms with Crippen LogP contribution in [-0.2, 0) is 16.1 Å². The van der Waals surface area contributed by atoms with E-state index in [-0.39, 0.29) is 23.3 Å². The van der Waals surface area contributed by atoms with Crippen molar-refractivity contribution in [2.75, 3.05) is 19.5 Å². The molecule has 1 atom stereocenters. The molecule has 0 bridgehead atoms. The van der Waals surface area contributed by atoms with E-state index in [9.17, 15) is 9.59 Å². The second-order valence-corrected chi connectivity index (χ2v) is 8.74. The number of benzene rings is 2. The third kappa shape index (κ3) is 6.01. The fraction of sp³-hybridized carbons (Fsp3) is 0.318. The molecule has 1 N–H and O–H groups in total. The zero-order chi connectivity index (χ0) is 22.4. The number of ether oxygens (including phenoxy) is 1. The average Bonchev–Trinajstić information content (AvgIpc) is 2.74. The first-order chi connectivity index (χ1) is 14.9. The predicted octanol–water partition coefficient (Wildman–Crippen LogP) is 4.71. The number of hydrogen-bond donors (Lipinski definition) is 1. The topological polar surface area (TPSA) is 73.2 Å². The first-order valence-corrected chi connectivity index (χ1v) is 11.5. The minimum atomic E-state index is -0.286. The Morgan fingerprint density at radius 2 is 2.03 bits per heavy atom. The van der Waals surface area contributed by atoms with Crippen LogP contribution in [0.25, 0.3) is 10.9 Å². The Morgan fingerprint density at radius 1 is 1.26 bits per heavy atom. The quantitative estimate of drug-likeness (QED) is 0.273. The first-order valence-electron chi connectivity index (χ1n) is 9.76. The lowest BCUT2D eigenvalue weighted by Crippen LogP contribution is -2.29. The highest BCUT2D eigenvalue weighted by Gasteiger charge is 2.16. The molecular weight excluding hydrogens is 457 g/mol. The molecular formula is C22H23Cl2N3O3S. The lowest BCUT2D eigenvalue weighted by molar-refractivity contribution is -0.119. The van der Waals surface area contributed by atoms with Gasteiger partial charge in [0.05, 0.1) is 22.7 Å². The molecule has 0 radical (unpaired) electrons. The largest absolute Gasteiger partial charge is 0.385 e. The van der Waals surface area contributed by atoms with E-state index in [2.05, 4.69) is 10.3 Å². The Bertz CT molecular complexity index is 1140. The van der Waals surface area contributed by atoms with Gasteiger partial charge in [0.25, 0.3) is 5.56 Å². The highest BCUT2D eigenvalue weighted by Crippen LogP contribution is 2.26. The molecule has 1 unspecified atom stereocenters. The zero-order valence-corrected chi connectivity index (χ0v) is 19.6. The van der Waals surface area contributed by atoms with Gasteiger partial charge in [0.15, 0.2) is 5.16 Å². The van der Waals surface area contributed by atoms with E-state index in [4.69, 9.17) is 27.9 Å². The number of carbonyl (C=O) groups is 1. The van der Waals surface area contributed by atoms with Crippen molar-refractivity contribution in [3.63, 3.8) is 0 Å². The highest BCUT2D eigenvalue weighted by molar-refractivity contribution is 7.99. The van der Waals surface area contributed by atoms with E-state index in [0.717, 1.165) is 5.56 Å². The smallest absolute Gasteiger partial charge is 0.262 e. The summed E-state index contributed by atoms with van der Waals surface area (Å²) in [6.07, 6.45) is 0.669. The molecule has 6 nitrogen and oxygen atoms in total. The lowest BCUT2D eigenvalue weighted by Gasteiger charge is -2.16. The summed E-state index contributed by atoms with van der Waals surface area (Å²) < 4.78 is 6.72. The molecule has 0 saturated heterocycles. The predicted molar refractivity (Wildman–Crippen MR) is 126 cm³/mol. The summed E-state index contributed by atoms with van der Waals surface area (Å²) in [4.78, 5) is 30.1. The van der Waals surface area contributed by atoms with E-state index in [1.807, 2.05) is 19.1 Å². The van der Waals surface area contributed by atoms with Gasteiger partial charge < -0.3 is 10.1 Å². The number of hydrogen-bond acceptors (Lipinski definition) is 5. The fourth-order valence-corrected chi connectivity index (χ4v) is 4.57. The van der Waals surface area contributed by atoms with Gasteiger partial charge in [-0.15, -0.1) is 0 Å². The molecule has 1 amide bonds. The number of methoxy groups -OCH3 is 1. The third-order valence-corrected chi connectivity index (χ3v) is 6.23. The maximum atomic E-state index is 13.0. The number of halogens is 2.